The number of halogens is 1. The summed E-state index contributed by atoms with van der Waals surface area (Å²) >= 11 is 6.01. The lowest BCUT2D eigenvalue weighted by atomic mass is 10.1. The summed E-state index contributed by atoms with van der Waals surface area (Å²) in [4.78, 5) is 30.2. The van der Waals surface area contributed by atoms with Gasteiger partial charge >= 0.3 is 5.97 Å². The third-order valence-electron chi connectivity index (χ3n) is 4.03. The molecule has 0 radical (unpaired) electrons. The minimum atomic E-state index is -0.649. The van der Waals surface area contributed by atoms with E-state index in [9.17, 15) is 9.59 Å². The van der Waals surface area contributed by atoms with E-state index in [1.165, 1.54) is 0 Å². The molecule has 0 saturated heterocycles. The first kappa shape index (κ1) is 20.7. The molecule has 0 aliphatic carbocycles. The third-order valence-corrected chi connectivity index (χ3v) is 4.30. The molecule has 0 unspecified atom stereocenters. The Hall–Kier alpha value is -2.60. The molecule has 0 saturated carbocycles. The van der Waals surface area contributed by atoms with Gasteiger partial charge in [-0.2, -0.15) is 0 Å². The summed E-state index contributed by atoms with van der Waals surface area (Å²) in [6, 6.07) is 11.8. The van der Waals surface area contributed by atoms with Crippen molar-refractivity contribution < 1.29 is 14.3 Å². The van der Waals surface area contributed by atoms with E-state index < -0.39 is 5.97 Å². The molecular weight excluding hydrogens is 366 g/mol. The average Bonchev–Trinajstić information content (AvgIpc) is 2.63. The Kier molecular flexibility index (Phi) is 7.61. The maximum atomic E-state index is 12.1. The van der Waals surface area contributed by atoms with Crippen molar-refractivity contribution in [2.75, 3.05) is 31.6 Å². The molecular formula is C20H24ClN3O3. The van der Waals surface area contributed by atoms with Crippen LogP contribution >= 0.6 is 11.6 Å². The summed E-state index contributed by atoms with van der Waals surface area (Å²) in [5.74, 6) is -0.997. The Morgan fingerprint density at radius 1 is 1.22 bits per heavy atom. The maximum Gasteiger partial charge on any atom is 0.342 e. The molecule has 7 heteroatoms. The Bertz CT molecular complexity index is 773. The molecule has 2 rings (SSSR count). The second kappa shape index (κ2) is 9.92. The van der Waals surface area contributed by atoms with E-state index in [1.807, 2.05) is 37.4 Å². The van der Waals surface area contributed by atoms with Gasteiger partial charge in [0.15, 0.2) is 6.61 Å². The van der Waals surface area contributed by atoms with Crippen LogP contribution in [-0.4, -0.2) is 43.6 Å². The zero-order chi connectivity index (χ0) is 19.8. The fraction of sp³-hybridized carbons (Fsp3) is 0.350. The van der Waals surface area contributed by atoms with Crippen molar-refractivity contribution in [3.05, 3.63) is 58.4 Å². The minimum absolute atomic E-state index is 0.0851. The van der Waals surface area contributed by atoms with Crippen molar-refractivity contribution in [3.63, 3.8) is 0 Å². The van der Waals surface area contributed by atoms with Crippen LogP contribution in [0.1, 0.15) is 28.0 Å². The number of esters is 1. The predicted molar refractivity (Wildman–Crippen MR) is 106 cm³/mol. The zero-order valence-corrected chi connectivity index (χ0v) is 16.5. The molecule has 0 atom stereocenters. The Morgan fingerprint density at radius 3 is 2.59 bits per heavy atom. The number of para-hydroxylation sites is 1. The monoisotopic (exact) mass is 389 g/mol. The van der Waals surface area contributed by atoms with Gasteiger partial charge in [0, 0.05) is 31.5 Å². The van der Waals surface area contributed by atoms with Gasteiger partial charge in [-0.3, -0.25) is 4.79 Å². The molecule has 1 N–H and O–H groups in total. The normalized spacial score (nSPS) is 10.4. The van der Waals surface area contributed by atoms with E-state index in [2.05, 4.69) is 15.2 Å². The van der Waals surface area contributed by atoms with Gasteiger partial charge in [0.2, 0.25) is 0 Å². The lowest BCUT2D eigenvalue weighted by Gasteiger charge is -2.19. The number of amides is 1. The minimum Gasteiger partial charge on any atom is -0.452 e. The molecule has 1 heterocycles. The number of rotatable bonds is 8. The fourth-order valence-electron chi connectivity index (χ4n) is 2.65. The van der Waals surface area contributed by atoms with Crippen molar-refractivity contribution in [2.24, 2.45) is 0 Å². The highest BCUT2D eigenvalue weighted by atomic mass is 35.5. The number of hydrogen-bond acceptors (Lipinski definition) is 5. The van der Waals surface area contributed by atoms with Crippen LogP contribution in [0.25, 0.3) is 0 Å². The number of carbonyl (C=O) groups excluding carboxylic acids is 2. The molecule has 144 valence electrons. The summed E-state index contributed by atoms with van der Waals surface area (Å²) in [5.41, 5.74) is 2.70. The zero-order valence-electron chi connectivity index (χ0n) is 15.8. The smallest absolute Gasteiger partial charge is 0.342 e. The van der Waals surface area contributed by atoms with Crippen LogP contribution in [0.5, 0.6) is 0 Å². The van der Waals surface area contributed by atoms with Gasteiger partial charge in [-0.15, -0.1) is 0 Å². The molecule has 1 aromatic carbocycles. The van der Waals surface area contributed by atoms with E-state index in [0.29, 0.717) is 17.8 Å². The van der Waals surface area contributed by atoms with Gasteiger partial charge < -0.3 is 15.0 Å². The quantitative estimate of drug-likeness (QED) is 0.426. The van der Waals surface area contributed by atoms with E-state index in [1.54, 1.807) is 19.9 Å². The average molecular weight is 390 g/mol. The van der Waals surface area contributed by atoms with Crippen LogP contribution in [0, 0.1) is 13.8 Å². The first-order valence-corrected chi connectivity index (χ1v) is 9.10. The molecule has 2 aromatic rings. The second-order valence-electron chi connectivity index (χ2n) is 6.28. The van der Waals surface area contributed by atoms with Crippen LogP contribution in [0.3, 0.4) is 0 Å². The Morgan fingerprint density at radius 2 is 1.93 bits per heavy atom. The molecule has 0 bridgehead atoms. The number of aromatic nitrogens is 1. The van der Waals surface area contributed by atoms with Crippen LogP contribution in [0.15, 0.2) is 36.4 Å². The van der Waals surface area contributed by atoms with E-state index in [0.717, 1.165) is 18.7 Å². The van der Waals surface area contributed by atoms with Gasteiger partial charge in [-0.25, -0.2) is 9.78 Å². The molecule has 6 nitrogen and oxygen atoms in total. The highest BCUT2D eigenvalue weighted by molar-refractivity contribution is 6.32. The van der Waals surface area contributed by atoms with Crippen LogP contribution < -0.4 is 10.2 Å². The van der Waals surface area contributed by atoms with Gasteiger partial charge in [0.1, 0.15) is 5.15 Å². The lowest BCUT2D eigenvalue weighted by molar-refractivity contribution is -0.124. The van der Waals surface area contributed by atoms with Gasteiger partial charge in [0.25, 0.3) is 5.91 Å². The first-order chi connectivity index (χ1) is 12.9. The standard InChI is InChI=1S/C20H24ClN3O3/c1-14-12-15(2)23-19(21)18(14)20(26)27-13-17(25)22-10-7-11-24(3)16-8-5-4-6-9-16/h4-6,8-9,12H,7,10-11,13H2,1-3H3,(H,22,25). The number of benzene rings is 1. The van der Waals surface area contributed by atoms with E-state index in [-0.39, 0.29) is 23.2 Å². The highest BCUT2D eigenvalue weighted by Crippen LogP contribution is 2.19. The number of carbonyl (C=O) groups is 2. The predicted octanol–water partition coefficient (Wildman–Crippen LogP) is 3.15. The number of nitrogens with one attached hydrogen (secondary N) is 1. The number of aryl methyl sites for hydroxylation is 2. The summed E-state index contributed by atoms with van der Waals surface area (Å²) in [6.07, 6.45) is 0.776. The van der Waals surface area contributed by atoms with Crippen LogP contribution in [0.2, 0.25) is 5.15 Å². The molecule has 1 amide bonds. The van der Waals surface area contributed by atoms with Crippen molar-refractivity contribution in [2.45, 2.75) is 20.3 Å². The molecule has 27 heavy (non-hydrogen) atoms. The van der Waals surface area contributed by atoms with Gasteiger partial charge in [-0.05, 0) is 44.0 Å². The van der Waals surface area contributed by atoms with Crippen molar-refractivity contribution >= 4 is 29.2 Å². The van der Waals surface area contributed by atoms with E-state index >= 15 is 0 Å². The molecule has 0 spiro atoms. The highest BCUT2D eigenvalue weighted by Gasteiger charge is 2.18. The maximum absolute atomic E-state index is 12.1. The first-order valence-electron chi connectivity index (χ1n) is 8.72. The largest absolute Gasteiger partial charge is 0.452 e. The van der Waals surface area contributed by atoms with Crippen molar-refractivity contribution in [1.29, 1.82) is 0 Å². The number of hydrogen-bond donors (Lipinski definition) is 1. The molecule has 0 fully saturated rings. The van der Waals surface area contributed by atoms with Crippen molar-refractivity contribution in [1.82, 2.24) is 10.3 Å². The third kappa shape index (κ3) is 6.25. The second-order valence-corrected chi connectivity index (χ2v) is 6.64. The number of anilines is 1. The Balaban J connectivity index is 1.71. The fourth-order valence-corrected chi connectivity index (χ4v) is 3.01. The topological polar surface area (TPSA) is 71.5 Å². The molecule has 1 aromatic heterocycles. The summed E-state index contributed by atoms with van der Waals surface area (Å²) < 4.78 is 5.05. The summed E-state index contributed by atoms with van der Waals surface area (Å²) in [7, 11) is 2.00. The Labute approximate surface area is 164 Å². The van der Waals surface area contributed by atoms with Crippen molar-refractivity contribution in [3.8, 4) is 0 Å². The summed E-state index contributed by atoms with van der Waals surface area (Å²) in [6.45, 7) is 4.49. The van der Waals surface area contributed by atoms with Gasteiger partial charge in [-0.1, -0.05) is 29.8 Å². The SMILES string of the molecule is Cc1cc(C)c(C(=O)OCC(=O)NCCCN(C)c2ccccc2)c(Cl)n1. The van der Waals surface area contributed by atoms with Crippen LogP contribution in [0.4, 0.5) is 5.69 Å². The van der Waals surface area contributed by atoms with Gasteiger partial charge in [0.05, 0.1) is 5.56 Å². The number of ether oxygens (including phenoxy) is 1. The molecule has 0 aliphatic rings. The number of nitrogens with zero attached hydrogens (tertiary/aromatic N) is 2. The van der Waals surface area contributed by atoms with E-state index in [4.69, 9.17) is 16.3 Å². The summed E-state index contributed by atoms with van der Waals surface area (Å²) in [5, 5.41) is 2.83. The number of pyridine rings is 1. The molecule has 0 aliphatic heterocycles. The van der Waals surface area contributed by atoms with Crippen LogP contribution in [-0.2, 0) is 9.53 Å². The lowest BCUT2D eigenvalue weighted by Crippen LogP contribution is -2.31.